The standard InChI is InChI=1S/C16H29N5O2S2/c1-4-17-16(18-8-5-15-12-24-13(2)20-15)19-11-14-6-9-21(10-7-14)25(3,22)23/h12,14H,4-11H2,1-3H3,(H2,17,18,19). The molecule has 0 radical (unpaired) electrons. The van der Waals surface area contributed by atoms with E-state index in [1.165, 1.54) is 6.26 Å². The zero-order chi connectivity index (χ0) is 18.3. The largest absolute Gasteiger partial charge is 0.357 e. The third-order valence-corrected chi connectivity index (χ3v) is 6.36. The smallest absolute Gasteiger partial charge is 0.211 e. The Kier molecular flexibility index (Phi) is 7.64. The molecule has 0 atom stereocenters. The van der Waals surface area contributed by atoms with Crippen LogP contribution in [0.4, 0.5) is 0 Å². The number of nitrogens with zero attached hydrogens (tertiary/aromatic N) is 3. The topological polar surface area (TPSA) is 86.7 Å². The van der Waals surface area contributed by atoms with Crippen LogP contribution in [0, 0.1) is 12.8 Å². The summed E-state index contributed by atoms with van der Waals surface area (Å²) in [5.74, 6) is 1.26. The first kappa shape index (κ1) is 20.1. The second kappa shape index (κ2) is 9.49. The molecule has 0 saturated carbocycles. The third kappa shape index (κ3) is 6.91. The van der Waals surface area contributed by atoms with Crippen molar-refractivity contribution in [1.82, 2.24) is 19.9 Å². The summed E-state index contributed by atoms with van der Waals surface area (Å²) in [5, 5.41) is 9.80. The van der Waals surface area contributed by atoms with Crippen LogP contribution < -0.4 is 10.6 Å². The fourth-order valence-electron chi connectivity index (χ4n) is 2.82. The van der Waals surface area contributed by atoms with E-state index in [4.69, 9.17) is 0 Å². The lowest BCUT2D eigenvalue weighted by Gasteiger charge is -2.29. The van der Waals surface area contributed by atoms with Gasteiger partial charge in [-0.25, -0.2) is 17.7 Å². The van der Waals surface area contributed by atoms with Crippen molar-refractivity contribution < 1.29 is 8.42 Å². The SMILES string of the molecule is CCNC(=NCC1CCN(S(C)(=O)=O)CC1)NCCc1csc(C)n1. The van der Waals surface area contributed by atoms with Gasteiger partial charge >= 0.3 is 0 Å². The van der Waals surface area contributed by atoms with Gasteiger partial charge in [0.25, 0.3) is 0 Å². The van der Waals surface area contributed by atoms with Gasteiger partial charge in [0.1, 0.15) is 0 Å². The monoisotopic (exact) mass is 387 g/mol. The summed E-state index contributed by atoms with van der Waals surface area (Å²) in [5.41, 5.74) is 1.11. The predicted octanol–water partition coefficient (Wildman–Crippen LogP) is 1.22. The summed E-state index contributed by atoms with van der Waals surface area (Å²) in [7, 11) is -3.06. The first-order valence-electron chi connectivity index (χ1n) is 8.76. The lowest BCUT2D eigenvalue weighted by Crippen LogP contribution is -2.40. The number of nitrogens with one attached hydrogen (secondary N) is 2. The van der Waals surface area contributed by atoms with Crippen LogP contribution in [-0.2, 0) is 16.4 Å². The Balaban J connectivity index is 1.77. The van der Waals surface area contributed by atoms with E-state index in [0.717, 1.165) is 55.6 Å². The van der Waals surface area contributed by atoms with Gasteiger partial charge in [-0.2, -0.15) is 0 Å². The number of piperidine rings is 1. The van der Waals surface area contributed by atoms with E-state index >= 15 is 0 Å². The Hall–Kier alpha value is -1.19. The van der Waals surface area contributed by atoms with E-state index in [2.05, 4.69) is 26.0 Å². The van der Waals surface area contributed by atoms with E-state index < -0.39 is 10.0 Å². The van der Waals surface area contributed by atoms with E-state index in [0.29, 0.717) is 19.0 Å². The maximum Gasteiger partial charge on any atom is 0.211 e. The van der Waals surface area contributed by atoms with E-state index in [1.54, 1.807) is 15.6 Å². The summed E-state index contributed by atoms with van der Waals surface area (Å²) >= 11 is 1.67. The van der Waals surface area contributed by atoms with Crippen LogP contribution in [0.15, 0.2) is 10.4 Å². The van der Waals surface area contributed by atoms with Gasteiger partial charge in [-0.1, -0.05) is 0 Å². The maximum absolute atomic E-state index is 11.6. The van der Waals surface area contributed by atoms with Gasteiger partial charge in [0.2, 0.25) is 10.0 Å². The van der Waals surface area contributed by atoms with Crippen LogP contribution in [0.2, 0.25) is 0 Å². The molecule has 1 aromatic rings. The fourth-order valence-corrected chi connectivity index (χ4v) is 4.34. The molecular formula is C16H29N5O2S2. The molecule has 0 spiro atoms. The summed E-state index contributed by atoms with van der Waals surface area (Å²) in [4.78, 5) is 9.13. The van der Waals surface area contributed by atoms with Gasteiger partial charge in [-0.05, 0) is 32.6 Å². The van der Waals surface area contributed by atoms with E-state index in [9.17, 15) is 8.42 Å². The second-order valence-electron chi connectivity index (χ2n) is 6.36. The van der Waals surface area contributed by atoms with Crippen molar-refractivity contribution in [2.75, 3.05) is 39.0 Å². The van der Waals surface area contributed by atoms with Gasteiger partial charge in [0.05, 0.1) is 17.0 Å². The number of thiazole rings is 1. The molecule has 2 heterocycles. The zero-order valence-corrected chi connectivity index (χ0v) is 16.9. The molecule has 2 N–H and O–H groups in total. The van der Waals surface area contributed by atoms with Crippen LogP contribution in [0.5, 0.6) is 0 Å². The Bertz CT molecular complexity index is 664. The van der Waals surface area contributed by atoms with Crippen molar-refractivity contribution in [3.63, 3.8) is 0 Å². The average molecular weight is 388 g/mol. The zero-order valence-electron chi connectivity index (χ0n) is 15.3. The molecule has 1 aliphatic heterocycles. The molecule has 0 aliphatic carbocycles. The normalized spacial score (nSPS) is 17.6. The van der Waals surface area contributed by atoms with Gasteiger partial charge in [-0.3, -0.25) is 4.99 Å². The van der Waals surface area contributed by atoms with Crippen LogP contribution in [0.1, 0.15) is 30.5 Å². The van der Waals surface area contributed by atoms with Crippen LogP contribution in [0.3, 0.4) is 0 Å². The molecule has 9 heteroatoms. The highest BCUT2D eigenvalue weighted by atomic mass is 32.2. The van der Waals surface area contributed by atoms with E-state index in [1.807, 2.05) is 13.8 Å². The number of sulfonamides is 1. The fraction of sp³-hybridized carbons (Fsp3) is 0.750. The minimum Gasteiger partial charge on any atom is -0.357 e. The lowest BCUT2D eigenvalue weighted by atomic mass is 9.98. The Labute approximate surface area is 155 Å². The molecule has 2 rings (SSSR count). The lowest BCUT2D eigenvalue weighted by molar-refractivity contribution is 0.280. The molecule has 1 aromatic heterocycles. The van der Waals surface area contributed by atoms with Gasteiger partial charge in [0, 0.05) is 44.5 Å². The first-order chi connectivity index (χ1) is 11.9. The number of rotatable bonds is 7. The molecule has 7 nitrogen and oxygen atoms in total. The van der Waals surface area contributed by atoms with E-state index in [-0.39, 0.29) is 0 Å². The molecule has 1 aliphatic rings. The van der Waals surface area contributed by atoms with Gasteiger partial charge in [0.15, 0.2) is 5.96 Å². The molecule has 0 bridgehead atoms. The number of aryl methyl sites for hydroxylation is 1. The second-order valence-corrected chi connectivity index (χ2v) is 9.40. The molecule has 25 heavy (non-hydrogen) atoms. The summed E-state index contributed by atoms with van der Waals surface area (Å²) in [6, 6.07) is 0. The van der Waals surface area contributed by atoms with Crippen LogP contribution in [-0.4, -0.2) is 62.6 Å². The highest BCUT2D eigenvalue weighted by molar-refractivity contribution is 7.88. The average Bonchev–Trinajstić information content (AvgIpc) is 2.97. The van der Waals surface area contributed by atoms with Gasteiger partial charge < -0.3 is 10.6 Å². The Morgan fingerprint density at radius 2 is 2.12 bits per heavy atom. The maximum atomic E-state index is 11.6. The molecule has 142 valence electrons. The van der Waals surface area contributed by atoms with Crippen molar-refractivity contribution in [1.29, 1.82) is 0 Å². The number of guanidine groups is 1. The summed E-state index contributed by atoms with van der Waals surface area (Å²) in [6.07, 6.45) is 3.90. The number of aromatic nitrogens is 1. The number of aliphatic imine (C=N–C) groups is 1. The first-order valence-corrected chi connectivity index (χ1v) is 11.5. The minimum atomic E-state index is -3.06. The van der Waals surface area contributed by atoms with Crippen LogP contribution >= 0.6 is 11.3 Å². The predicted molar refractivity (Wildman–Crippen MR) is 104 cm³/mol. The summed E-state index contributed by atoms with van der Waals surface area (Å²) < 4.78 is 24.7. The minimum absolute atomic E-state index is 0.439. The molecule has 0 unspecified atom stereocenters. The Morgan fingerprint density at radius 3 is 2.68 bits per heavy atom. The molecule has 0 amide bonds. The number of hydrogen-bond acceptors (Lipinski definition) is 5. The molecule has 1 saturated heterocycles. The quantitative estimate of drug-likeness (QED) is 0.543. The molecule has 0 aromatic carbocycles. The van der Waals surface area contributed by atoms with Crippen molar-refractivity contribution in [2.45, 2.75) is 33.1 Å². The van der Waals surface area contributed by atoms with Crippen molar-refractivity contribution >= 4 is 27.3 Å². The third-order valence-electron chi connectivity index (χ3n) is 4.23. The van der Waals surface area contributed by atoms with Crippen molar-refractivity contribution in [2.24, 2.45) is 10.9 Å². The highest BCUT2D eigenvalue weighted by Crippen LogP contribution is 2.19. The van der Waals surface area contributed by atoms with Gasteiger partial charge in [-0.15, -0.1) is 11.3 Å². The van der Waals surface area contributed by atoms with Crippen LogP contribution in [0.25, 0.3) is 0 Å². The number of hydrogen-bond donors (Lipinski definition) is 2. The van der Waals surface area contributed by atoms with Crippen molar-refractivity contribution in [3.05, 3.63) is 16.1 Å². The molecular weight excluding hydrogens is 358 g/mol. The summed E-state index contributed by atoms with van der Waals surface area (Å²) in [6.45, 7) is 7.60. The van der Waals surface area contributed by atoms with Crippen molar-refractivity contribution in [3.8, 4) is 0 Å². The molecule has 1 fully saturated rings. The Morgan fingerprint density at radius 1 is 1.40 bits per heavy atom. The highest BCUT2D eigenvalue weighted by Gasteiger charge is 2.24.